The van der Waals surface area contributed by atoms with E-state index in [1.807, 2.05) is 12.1 Å². The first-order valence-corrected chi connectivity index (χ1v) is 10.2. The Labute approximate surface area is 165 Å². The van der Waals surface area contributed by atoms with E-state index in [0.29, 0.717) is 12.8 Å². The van der Waals surface area contributed by atoms with Crippen molar-refractivity contribution in [2.24, 2.45) is 11.8 Å². The molecule has 0 N–H and O–H groups in total. The van der Waals surface area contributed by atoms with E-state index in [9.17, 15) is 9.59 Å². The van der Waals surface area contributed by atoms with Crippen LogP contribution in [0.4, 0.5) is 0 Å². The van der Waals surface area contributed by atoms with Crippen LogP contribution < -0.4 is 0 Å². The summed E-state index contributed by atoms with van der Waals surface area (Å²) < 4.78 is 6.23. The first-order chi connectivity index (χ1) is 13.5. The molecule has 2 aromatic carbocycles. The molecule has 0 bridgehead atoms. The molecule has 3 aliphatic rings. The predicted octanol–water partition coefficient (Wildman–Crippen LogP) is 5.46. The van der Waals surface area contributed by atoms with Gasteiger partial charge in [-0.1, -0.05) is 56.3 Å². The topological polar surface area (TPSA) is 43.4 Å². The highest BCUT2D eigenvalue weighted by Gasteiger charge is 2.43. The lowest BCUT2D eigenvalue weighted by Gasteiger charge is -2.38. The standard InChI is InChI=1S/C25H24O3/c1-14-9-19(26)24-21(11-14)28-22-12-15(2)10-20(27)25(22)23(24)18-8-7-16-5-3-4-6-17(16)13-18/h3-8,13-15,23H,9-12H2,1-2H3. The van der Waals surface area contributed by atoms with Gasteiger partial charge in [-0.2, -0.15) is 0 Å². The van der Waals surface area contributed by atoms with Crippen molar-refractivity contribution in [1.82, 2.24) is 0 Å². The van der Waals surface area contributed by atoms with E-state index in [-0.39, 0.29) is 29.3 Å². The van der Waals surface area contributed by atoms with E-state index in [1.54, 1.807) is 0 Å². The van der Waals surface area contributed by atoms with E-state index < -0.39 is 0 Å². The molecule has 3 heteroatoms. The second kappa shape index (κ2) is 6.44. The highest BCUT2D eigenvalue weighted by atomic mass is 16.5. The Morgan fingerprint density at radius 2 is 1.32 bits per heavy atom. The minimum Gasteiger partial charge on any atom is -0.465 e. The molecule has 28 heavy (non-hydrogen) atoms. The van der Waals surface area contributed by atoms with Crippen molar-refractivity contribution < 1.29 is 14.3 Å². The number of fused-ring (bicyclic) bond motifs is 1. The molecule has 0 saturated heterocycles. The smallest absolute Gasteiger partial charge is 0.163 e. The van der Waals surface area contributed by atoms with Gasteiger partial charge in [0.25, 0.3) is 0 Å². The van der Waals surface area contributed by atoms with E-state index >= 15 is 0 Å². The number of hydrogen-bond acceptors (Lipinski definition) is 3. The van der Waals surface area contributed by atoms with Gasteiger partial charge < -0.3 is 4.74 Å². The summed E-state index contributed by atoms with van der Waals surface area (Å²) >= 11 is 0. The van der Waals surface area contributed by atoms with Crippen molar-refractivity contribution in [3.8, 4) is 0 Å². The maximum Gasteiger partial charge on any atom is 0.163 e. The monoisotopic (exact) mass is 372 g/mol. The van der Waals surface area contributed by atoms with Gasteiger partial charge in [-0.3, -0.25) is 9.59 Å². The molecule has 2 aliphatic carbocycles. The second-order valence-corrected chi connectivity index (χ2v) is 8.69. The molecule has 0 saturated carbocycles. The highest BCUT2D eigenvalue weighted by molar-refractivity contribution is 6.06. The molecular formula is C25H24O3. The van der Waals surface area contributed by atoms with Gasteiger partial charge >= 0.3 is 0 Å². The molecule has 2 atom stereocenters. The summed E-state index contributed by atoms with van der Waals surface area (Å²) in [6.07, 6.45) is 2.59. The Hall–Kier alpha value is -2.68. The normalized spacial score (nSPS) is 27.6. The van der Waals surface area contributed by atoms with Gasteiger partial charge in [0.05, 0.1) is 0 Å². The summed E-state index contributed by atoms with van der Waals surface area (Å²) in [7, 11) is 0. The van der Waals surface area contributed by atoms with Crippen LogP contribution in [0.1, 0.15) is 51.0 Å². The zero-order chi connectivity index (χ0) is 19.4. The number of carbonyl (C=O) groups is 2. The van der Waals surface area contributed by atoms with Crippen LogP contribution in [-0.4, -0.2) is 11.6 Å². The van der Waals surface area contributed by atoms with Crippen LogP contribution in [0.2, 0.25) is 0 Å². The SMILES string of the molecule is CC1CC(=O)C2=C(C1)OC1=C(C(=O)CC(C)C1)C2c1ccc2ccccc2c1. The first kappa shape index (κ1) is 17.4. The van der Waals surface area contributed by atoms with Crippen LogP contribution in [0.5, 0.6) is 0 Å². The molecule has 5 rings (SSSR count). The fraction of sp³-hybridized carbons (Fsp3) is 0.360. The molecular weight excluding hydrogens is 348 g/mol. The van der Waals surface area contributed by atoms with E-state index in [1.165, 1.54) is 0 Å². The summed E-state index contributed by atoms with van der Waals surface area (Å²) in [5, 5.41) is 2.29. The number of carbonyl (C=O) groups excluding carboxylic acids is 2. The third-order valence-corrected chi connectivity index (χ3v) is 6.27. The average molecular weight is 372 g/mol. The van der Waals surface area contributed by atoms with Gasteiger partial charge in [-0.25, -0.2) is 0 Å². The summed E-state index contributed by atoms with van der Waals surface area (Å²) in [6.45, 7) is 4.18. The fourth-order valence-electron chi connectivity index (χ4n) is 5.01. The minimum atomic E-state index is -0.289. The Morgan fingerprint density at radius 3 is 1.93 bits per heavy atom. The van der Waals surface area contributed by atoms with E-state index in [2.05, 4.69) is 44.2 Å². The molecule has 2 unspecified atom stereocenters. The highest BCUT2D eigenvalue weighted by Crippen LogP contribution is 2.49. The summed E-state index contributed by atoms with van der Waals surface area (Å²) in [5.41, 5.74) is 2.46. The number of rotatable bonds is 1. The lowest BCUT2D eigenvalue weighted by atomic mass is 9.70. The second-order valence-electron chi connectivity index (χ2n) is 8.69. The van der Waals surface area contributed by atoms with Crippen molar-refractivity contribution in [2.75, 3.05) is 0 Å². The van der Waals surface area contributed by atoms with Crippen molar-refractivity contribution in [3.05, 3.63) is 70.7 Å². The Bertz CT molecular complexity index is 1030. The number of ether oxygens (including phenoxy) is 1. The fourth-order valence-corrected chi connectivity index (χ4v) is 5.01. The maximum absolute atomic E-state index is 13.1. The molecule has 2 aromatic rings. The Kier molecular flexibility index (Phi) is 4.01. The van der Waals surface area contributed by atoms with Crippen LogP contribution in [0, 0.1) is 11.8 Å². The van der Waals surface area contributed by atoms with Gasteiger partial charge in [0, 0.05) is 42.7 Å². The molecule has 0 amide bonds. The lowest BCUT2D eigenvalue weighted by molar-refractivity contribution is -0.118. The van der Waals surface area contributed by atoms with Crippen LogP contribution in [-0.2, 0) is 14.3 Å². The summed E-state index contributed by atoms with van der Waals surface area (Å²) in [6, 6.07) is 14.5. The number of Topliss-reactive ketones (excluding diaryl/α,β-unsaturated/α-hetero) is 2. The minimum absolute atomic E-state index is 0.130. The molecule has 142 valence electrons. The number of allylic oxidation sites excluding steroid dienone is 4. The molecule has 0 radical (unpaired) electrons. The number of ketones is 2. The van der Waals surface area contributed by atoms with Gasteiger partial charge in [0.1, 0.15) is 11.5 Å². The molecule has 0 spiro atoms. The summed E-state index contributed by atoms with van der Waals surface area (Å²) in [4.78, 5) is 26.1. The molecule has 3 nitrogen and oxygen atoms in total. The predicted molar refractivity (Wildman–Crippen MR) is 109 cm³/mol. The largest absolute Gasteiger partial charge is 0.465 e. The third-order valence-electron chi connectivity index (χ3n) is 6.27. The van der Waals surface area contributed by atoms with Crippen LogP contribution in [0.3, 0.4) is 0 Å². The van der Waals surface area contributed by atoms with Crippen LogP contribution in [0.25, 0.3) is 10.8 Å². The number of benzene rings is 2. The van der Waals surface area contributed by atoms with E-state index in [0.717, 1.165) is 51.8 Å². The van der Waals surface area contributed by atoms with Gasteiger partial charge in [0.2, 0.25) is 0 Å². The van der Waals surface area contributed by atoms with Gasteiger partial charge in [-0.05, 0) is 28.2 Å². The number of hydrogen-bond donors (Lipinski definition) is 0. The van der Waals surface area contributed by atoms with Crippen molar-refractivity contribution in [3.63, 3.8) is 0 Å². The van der Waals surface area contributed by atoms with Crippen molar-refractivity contribution in [2.45, 2.75) is 45.4 Å². The summed E-state index contributed by atoms with van der Waals surface area (Å²) in [5.74, 6) is 2.12. The Morgan fingerprint density at radius 1 is 0.750 bits per heavy atom. The molecule has 0 aromatic heterocycles. The molecule has 1 aliphatic heterocycles. The maximum atomic E-state index is 13.1. The third kappa shape index (κ3) is 2.72. The lowest BCUT2D eigenvalue weighted by Crippen LogP contribution is -2.33. The quantitative estimate of drug-likeness (QED) is 0.668. The van der Waals surface area contributed by atoms with Crippen molar-refractivity contribution >= 4 is 22.3 Å². The van der Waals surface area contributed by atoms with Crippen LogP contribution >= 0.6 is 0 Å². The van der Waals surface area contributed by atoms with Gasteiger partial charge in [-0.15, -0.1) is 0 Å². The molecule has 0 fully saturated rings. The van der Waals surface area contributed by atoms with Gasteiger partial charge in [0.15, 0.2) is 11.6 Å². The zero-order valence-corrected chi connectivity index (χ0v) is 16.3. The first-order valence-electron chi connectivity index (χ1n) is 10.2. The average Bonchev–Trinajstić information content (AvgIpc) is 2.65. The Balaban J connectivity index is 1.72. The van der Waals surface area contributed by atoms with Crippen LogP contribution in [0.15, 0.2) is 65.1 Å². The zero-order valence-electron chi connectivity index (χ0n) is 16.3. The molecule has 1 heterocycles. The van der Waals surface area contributed by atoms with E-state index in [4.69, 9.17) is 4.74 Å². The van der Waals surface area contributed by atoms with Crippen molar-refractivity contribution in [1.29, 1.82) is 0 Å².